The van der Waals surface area contributed by atoms with Crippen molar-refractivity contribution in [3.05, 3.63) is 50.7 Å². The zero-order valence-corrected chi connectivity index (χ0v) is 14.1. The highest BCUT2D eigenvalue weighted by Gasteiger charge is 2.17. The van der Waals surface area contributed by atoms with Crippen LogP contribution in [-0.2, 0) is 19.9 Å². The lowest BCUT2D eigenvalue weighted by molar-refractivity contribution is 0.510. The van der Waals surface area contributed by atoms with E-state index in [0.29, 0.717) is 12.5 Å². The minimum atomic E-state index is 0.348. The molecule has 2 N–H and O–H groups in total. The van der Waals surface area contributed by atoms with Crippen molar-refractivity contribution in [3.8, 4) is 0 Å². The molecular weight excluding hydrogens is 338 g/mol. The van der Waals surface area contributed by atoms with Crippen molar-refractivity contribution in [2.24, 2.45) is 18.7 Å². The number of nitrogens with two attached hydrogens (primary N) is 1. The minimum Gasteiger partial charge on any atom is -0.330 e. The molecule has 20 heavy (non-hydrogen) atoms. The number of rotatable bonds is 5. The number of benzene rings is 1. The van der Waals surface area contributed by atoms with Crippen LogP contribution >= 0.6 is 27.5 Å². The molecule has 0 amide bonds. The van der Waals surface area contributed by atoms with Gasteiger partial charge in [-0.05, 0) is 59.8 Å². The summed E-state index contributed by atoms with van der Waals surface area (Å²) < 4.78 is 3.01. The highest BCUT2D eigenvalue weighted by Crippen LogP contribution is 2.25. The minimum absolute atomic E-state index is 0.348. The lowest BCUT2D eigenvalue weighted by atomic mass is 9.94. The zero-order valence-electron chi connectivity index (χ0n) is 11.7. The van der Waals surface area contributed by atoms with Gasteiger partial charge in [0.25, 0.3) is 0 Å². The molecule has 0 fully saturated rings. The van der Waals surface area contributed by atoms with Crippen LogP contribution in [-0.4, -0.2) is 16.3 Å². The fraction of sp³-hybridized carbons (Fsp3) is 0.400. The van der Waals surface area contributed by atoms with E-state index in [4.69, 9.17) is 17.3 Å². The number of nitrogens with zero attached hydrogens (tertiary/aromatic N) is 2. The molecule has 108 valence electrons. The predicted molar refractivity (Wildman–Crippen MR) is 87.0 cm³/mol. The lowest BCUT2D eigenvalue weighted by Crippen LogP contribution is -2.21. The Balaban J connectivity index is 2.15. The standard InChI is InChI=1S/C15H19BrClN3/c1-10-15(16)14(20(2)19-10)8-11(9-18)7-12-5-3-4-6-13(12)17/h3-6,11H,7-9,18H2,1-2H3. The van der Waals surface area contributed by atoms with Crippen molar-refractivity contribution in [1.82, 2.24) is 9.78 Å². The summed E-state index contributed by atoms with van der Waals surface area (Å²) in [7, 11) is 1.97. The first-order valence-corrected chi connectivity index (χ1v) is 7.81. The van der Waals surface area contributed by atoms with Gasteiger partial charge in [-0.1, -0.05) is 29.8 Å². The highest BCUT2D eigenvalue weighted by atomic mass is 79.9. The van der Waals surface area contributed by atoms with Crippen LogP contribution in [0.15, 0.2) is 28.7 Å². The van der Waals surface area contributed by atoms with Crippen molar-refractivity contribution in [3.63, 3.8) is 0 Å². The third-order valence-electron chi connectivity index (χ3n) is 3.54. The monoisotopic (exact) mass is 355 g/mol. The Hall–Kier alpha value is -0.840. The SMILES string of the molecule is Cc1nn(C)c(CC(CN)Cc2ccccc2Cl)c1Br. The molecule has 1 aromatic heterocycles. The topological polar surface area (TPSA) is 43.8 Å². The molecule has 0 saturated heterocycles. The van der Waals surface area contributed by atoms with E-state index in [9.17, 15) is 0 Å². The Kier molecular flexibility index (Phi) is 5.24. The molecule has 0 bridgehead atoms. The molecule has 5 heteroatoms. The van der Waals surface area contributed by atoms with Gasteiger partial charge in [0.1, 0.15) is 0 Å². The third kappa shape index (κ3) is 3.43. The van der Waals surface area contributed by atoms with Gasteiger partial charge in [-0.3, -0.25) is 4.68 Å². The number of hydrogen-bond donors (Lipinski definition) is 1. The van der Waals surface area contributed by atoms with E-state index in [1.165, 1.54) is 5.69 Å². The van der Waals surface area contributed by atoms with Gasteiger partial charge >= 0.3 is 0 Å². The summed E-state index contributed by atoms with van der Waals surface area (Å²) in [6.45, 7) is 2.63. The van der Waals surface area contributed by atoms with Crippen LogP contribution in [0.3, 0.4) is 0 Å². The van der Waals surface area contributed by atoms with E-state index in [0.717, 1.165) is 33.6 Å². The van der Waals surface area contributed by atoms with Crippen LogP contribution in [0, 0.1) is 12.8 Å². The molecule has 3 nitrogen and oxygen atoms in total. The summed E-state index contributed by atoms with van der Waals surface area (Å²) >= 11 is 9.84. The Labute approximate surface area is 133 Å². The van der Waals surface area contributed by atoms with Crippen LogP contribution in [0.5, 0.6) is 0 Å². The van der Waals surface area contributed by atoms with E-state index in [1.54, 1.807) is 0 Å². The molecule has 1 aromatic carbocycles. The summed E-state index contributed by atoms with van der Waals surface area (Å²) in [5, 5.41) is 5.24. The molecule has 1 atom stereocenters. The number of halogens is 2. The van der Waals surface area contributed by atoms with Crippen LogP contribution in [0.2, 0.25) is 5.02 Å². The first-order chi connectivity index (χ1) is 9.52. The highest BCUT2D eigenvalue weighted by molar-refractivity contribution is 9.10. The fourth-order valence-electron chi connectivity index (χ4n) is 2.39. The first kappa shape index (κ1) is 15.5. The smallest absolute Gasteiger partial charge is 0.0738 e. The van der Waals surface area contributed by atoms with Gasteiger partial charge in [-0.2, -0.15) is 5.10 Å². The van der Waals surface area contributed by atoms with E-state index in [1.807, 2.05) is 36.9 Å². The van der Waals surface area contributed by atoms with E-state index >= 15 is 0 Å². The van der Waals surface area contributed by atoms with Gasteiger partial charge in [0, 0.05) is 12.1 Å². The molecule has 0 aliphatic rings. The quantitative estimate of drug-likeness (QED) is 0.891. The Morgan fingerprint density at radius 2 is 2.05 bits per heavy atom. The number of aromatic nitrogens is 2. The van der Waals surface area contributed by atoms with Crippen LogP contribution in [0.4, 0.5) is 0 Å². The normalized spacial score (nSPS) is 12.7. The molecule has 0 radical (unpaired) electrons. The van der Waals surface area contributed by atoms with Gasteiger partial charge in [0.2, 0.25) is 0 Å². The molecule has 2 aromatic rings. The van der Waals surface area contributed by atoms with Crippen molar-refractivity contribution >= 4 is 27.5 Å². The van der Waals surface area contributed by atoms with Crippen molar-refractivity contribution in [2.45, 2.75) is 19.8 Å². The lowest BCUT2D eigenvalue weighted by Gasteiger charge is -2.16. The maximum atomic E-state index is 6.23. The molecule has 1 heterocycles. The van der Waals surface area contributed by atoms with Crippen molar-refractivity contribution in [2.75, 3.05) is 6.54 Å². The van der Waals surface area contributed by atoms with Crippen LogP contribution in [0.25, 0.3) is 0 Å². The average Bonchev–Trinajstić information content (AvgIpc) is 2.66. The van der Waals surface area contributed by atoms with Gasteiger partial charge in [0.05, 0.1) is 15.9 Å². The Bertz CT molecular complexity index is 595. The molecular formula is C15H19BrClN3. The third-order valence-corrected chi connectivity index (χ3v) is 4.94. The van der Waals surface area contributed by atoms with Gasteiger partial charge in [0.15, 0.2) is 0 Å². The van der Waals surface area contributed by atoms with Crippen molar-refractivity contribution in [1.29, 1.82) is 0 Å². The van der Waals surface area contributed by atoms with Crippen molar-refractivity contribution < 1.29 is 0 Å². The van der Waals surface area contributed by atoms with E-state index in [-0.39, 0.29) is 0 Å². The van der Waals surface area contributed by atoms with E-state index < -0.39 is 0 Å². The molecule has 0 saturated carbocycles. The summed E-state index contributed by atoms with van der Waals surface area (Å²) in [4.78, 5) is 0. The summed E-state index contributed by atoms with van der Waals surface area (Å²) in [5.74, 6) is 0.348. The number of hydrogen-bond acceptors (Lipinski definition) is 2. The number of aryl methyl sites for hydroxylation is 2. The maximum absolute atomic E-state index is 6.23. The Morgan fingerprint density at radius 1 is 1.35 bits per heavy atom. The van der Waals surface area contributed by atoms with Crippen LogP contribution in [0.1, 0.15) is 17.0 Å². The predicted octanol–water partition coefficient (Wildman–Crippen LogP) is 3.50. The summed E-state index contributed by atoms with van der Waals surface area (Å²) in [6.07, 6.45) is 1.77. The van der Waals surface area contributed by atoms with Crippen LogP contribution < -0.4 is 5.73 Å². The Morgan fingerprint density at radius 3 is 2.60 bits per heavy atom. The summed E-state index contributed by atoms with van der Waals surface area (Å²) in [5.41, 5.74) is 9.29. The first-order valence-electron chi connectivity index (χ1n) is 6.64. The van der Waals surface area contributed by atoms with Gasteiger partial charge < -0.3 is 5.73 Å². The fourth-order valence-corrected chi connectivity index (χ4v) is 3.10. The molecule has 0 spiro atoms. The average molecular weight is 357 g/mol. The second-order valence-electron chi connectivity index (χ2n) is 5.07. The second kappa shape index (κ2) is 6.74. The van der Waals surface area contributed by atoms with Gasteiger partial charge in [-0.15, -0.1) is 0 Å². The maximum Gasteiger partial charge on any atom is 0.0738 e. The zero-order chi connectivity index (χ0) is 14.7. The summed E-state index contributed by atoms with van der Waals surface area (Å²) in [6, 6.07) is 7.95. The molecule has 2 rings (SSSR count). The molecule has 0 aliphatic carbocycles. The second-order valence-corrected chi connectivity index (χ2v) is 6.27. The molecule has 0 aliphatic heterocycles. The van der Waals surface area contributed by atoms with E-state index in [2.05, 4.69) is 27.1 Å². The largest absolute Gasteiger partial charge is 0.330 e. The molecule has 1 unspecified atom stereocenters. The van der Waals surface area contributed by atoms with Gasteiger partial charge in [-0.25, -0.2) is 0 Å².